The Labute approximate surface area is 216 Å². The zero-order chi connectivity index (χ0) is 27.5. The number of benzene rings is 2. The number of anilines is 2. The van der Waals surface area contributed by atoms with E-state index in [1.54, 1.807) is 30.6 Å². The third-order valence-corrected chi connectivity index (χ3v) is 5.28. The van der Waals surface area contributed by atoms with Gasteiger partial charge in [-0.15, -0.1) is 0 Å². The van der Waals surface area contributed by atoms with Crippen molar-refractivity contribution in [2.75, 3.05) is 36.4 Å². The second-order valence-electron chi connectivity index (χ2n) is 7.96. The number of nitrogens with zero attached hydrogens (tertiary/aromatic N) is 5. The Balaban J connectivity index is 0.000000505. The molecule has 2 heterocycles. The SMILES string of the molecule is O=C(O)C(F)(F)F.O=C(O)c1cccc(NC(=NCc2ccccc2)N2CCN(c3ncccn3)CC2)c1. The Morgan fingerprint density at radius 2 is 1.55 bits per heavy atom. The van der Waals surface area contributed by atoms with E-state index in [1.807, 2.05) is 42.5 Å². The molecule has 38 heavy (non-hydrogen) atoms. The van der Waals surface area contributed by atoms with Gasteiger partial charge in [0.1, 0.15) is 0 Å². The lowest BCUT2D eigenvalue weighted by molar-refractivity contribution is -0.192. The van der Waals surface area contributed by atoms with Gasteiger partial charge in [-0.2, -0.15) is 13.2 Å². The number of carbonyl (C=O) groups is 2. The summed E-state index contributed by atoms with van der Waals surface area (Å²) in [7, 11) is 0. The van der Waals surface area contributed by atoms with Crippen LogP contribution in [0.3, 0.4) is 0 Å². The van der Waals surface area contributed by atoms with Crippen LogP contribution >= 0.6 is 0 Å². The van der Waals surface area contributed by atoms with Crippen molar-refractivity contribution < 1.29 is 33.0 Å². The fourth-order valence-corrected chi connectivity index (χ4v) is 3.40. The van der Waals surface area contributed by atoms with Crippen LogP contribution in [0.1, 0.15) is 15.9 Å². The number of halogens is 3. The fourth-order valence-electron chi connectivity index (χ4n) is 3.40. The highest BCUT2D eigenvalue weighted by atomic mass is 19.4. The molecule has 3 N–H and O–H groups in total. The van der Waals surface area contributed by atoms with E-state index in [2.05, 4.69) is 25.1 Å². The van der Waals surface area contributed by atoms with Crippen LogP contribution in [0.25, 0.3) is 0 Å². The first-order chi connectivity index (χ1) is 18.1. The highest BCUT2D eigenvalue weighted by Gasteiger charge is 2.38. The standard InChI is InChI=1S/C23H24N6O2.C2HF3O2/c30-21(31)19-8-4-9-20(16-19)27-23(26-17-18-6-2-1-3-7-18)29-14-12-28(13-15-29)22-24-10-5-11-25-22;3-2(4,5)1(6)7/h1-11,16H,12-15,17H2,(H,26,27)(H,30,31);(H,6,7). The molecule has 0 unspecified atom stereocenters. The molecule has 1 saturated heterocycles. The van der Waals surface area contributed by atoms with Gasteiger partial charge in [0.25, 0.3) is 0 Å². The predicted molar refractivity (Wildman–Crippen MR) is 134 cm³/mol. The van der Waals surface area contributed by atoms with E-state index < -0.39 is 18.1 Å². The minimum atomic E-state index is -5.08. The summed E-state index contributed by atoms with van der Waals surface area (Å²) in [4.78, 5) is 38.1. The molecule has 0 aliphatic carbocycles. The number of hydrogen-bond donors (Lipinski definition) is 3. The van der Waals surface area contributed by atoms with Crippen LogP contribution < -0.4 is 10.2 Å². The molecule has 13 heteroatoms. The van der Waals surface area contributed by atoms with Gasteiger partial charge in [0.15, 0.2) is 5.96 Å². The topological polar surface area (TPSA) is 131 Å². The van der Waals surface area contributed by atoms with Crippen molar-refractivity contribution in [2.24, 2.45) is 4.99 Å². The second kappa shape index (κ2) is 13.0. The van der Waals surface area contributed by atoms with Crippen LogP contribution in [0.4, 0.5) is 24.8 Å². The summed E-state index contributed by atoms with van der Waals surface area (Å²) in [6, 6.07) is 18.6. The van der Waals surface area contributed by atoms with Crippen LogP contribution in [-0.2, 0) is 11.3 Å². The molecule has 0 saturated carbocycles. The summed E-state index contributed by atoms with van der Waals surface area (Å²) >= 11 is 0. The lowest BCUT2D eigenvalue weighted by atomic mass is 10.2. The highest BCUT2D eigenvalue weighted by molar-refractivity contribution is 5.96. The maximum Gasteiger partial charge on any atom is 0.490 e. The van der Waals surface area contributed by atoms with Crippen LogP contribution in [0.5, 0.6) is 0 Å². The predicted octanol–water partition coefficient (Wildman–Crippen LogP) is 3.60. The molecule has 0 amide bonds. The summed E-state index contributed by atoms with van der Waals surface area (Å²) in [6.07, 6.45) is -1.59. The molecule has 0 radical (unpaired) electrons. The van der Waals surface area contributed by atoms with E-state index in [-0.39, 0.29) is 5.56 Å². The number of aromatic nitrogens is 2. The lowest BCUT2D eigenvalue weighted by Crippen LogP contribution is -2.51. The Morgan fingerprint density at radius 1 is 0.921 bits per heavy atom. The molecule has 0 atom stereocenters. The second-order valence-corrected chi connectivity index (χ2v) is 7.96. The maximum atomic E-state index is 11.3. The lowest BCUT2D eigenvalue weighted by Gasteiger charge is -2.36. The van der Waals surface area contributed by atoms with E-state index in [1.165, 1.54) is 0 Å². The van der Waals surface area contributed by atoms with Gasteiger partial charge >= 0.3 is 18.1 Å². The summed E-state index contributed by atoms with van der Waals surface area (Å²) < 4.78 is 31.7. The third-order valence-electron chi connectivity index (χ3n) is 5.28. The van der Waals surface area contributed by atoms with Crippen molar-refractivity contribution in [3.05, 3.63) is 84.2 Å². The van der Waals surface area contributed by atoms with Gasteiger partial charge in [0, 0.05) is 44.3 Å². The van der Waals surface area contributed by atoms with Crippen LogP contribution in [0, 0.1) is 0 Å². The number of alkyl halides is 3. The first-order valence-electron chi connectivity index (χ1n) is 11.4. The van der Waals surface area contributed by atoms with Gasteiger partial charge in [0.2, 0.25) is 5.95 Å². The number of guanidine groups is 1. The largest absolute Gasteiger partial charge is 0.490 e. The number of carboxylic acid groups (broad SMARTS) is 2. The van der Waals surface area contributed by atoms with E-state index in [0.29, 0.717) is 12.2 Å². The van der Waals surface area contributed by atoms with Crippen molar-refractivity contribution in [1.82, 2.24) is 14.9 Å². The zero-order valence-electron chi connectivity index (χ0n) is 20.0. The molecule has 1 aromatic heterocycles. The Morgan fingerprint density at radius 3 is 2.13 bits per heavy atom. The zero-order valence-corrected chi connectivity index (χ0v) is 20.0. The normalized spacial score (nSPS) is 13.8. The number of nitrogens with one attached hydrogen (secondary N) is 1. The van der Waals surface area contributed by atoms with E-state index in [9.17, 15) is 23.1 Å². The highest BCUT2D eigenvalue weighted by Crippen LogP contribution is 2.15. The average Bonchev–Trinajstić information content (AvgIpc) is 2.92. The average molecular weight is 531 g/mol. The van der Waals surface area contributed by atoms with Crippen molar-refractivity contribution in [1.29, 1.82) is 0 Å². The molecule has 0 bridgehead atoms. The first kappa shape index (κ1) is 27.9. The van der Waals surface area contributed by atoms with Crippen LogP contribution in [-0.4, -0.2) is 75.3 Å². The fraction of sp³-hybridized carbons (Fsp3) is 0.240. The number of aliphatic carboxylic acids is 1. The van der Waals surface area contributed by atoms with E-state index in [0.717, 1.165) is 43.7 Å². The van der Waals surface area contributed by atoms with Gasteiger partial charge in [-0.3, -0.25) is 0 Å². The molecule has 200 valence electrons. The molecule has 3 aromatic rings. The van der Waals surface area contributed by atoms with Gasteiger partial charge < -0.3 is 25.3 Å². The summed E-state index contributed by atoms with van der Waals surface area (Å²) in [6.45, 7) is 3.56. The molecule has 1 aliphatic rings. The van der Waals surface area contributed by atoms with Crippen LogP contribution in [0.2, 0.25) is 0 Å². The first-order valence-corrected chi connectivity index (χ1v) is 11.4. The van der Waals surface area contributed by atoms with Crippen molar-refractivity contribution >= 4 is 29.5 Å². The molecule has 1 fully saturated rings. The maximum absolute atomic E-state index is 11.3. The summed E-state index contributed by atoms with van der Waals surface area (Å²) in [5.41, 5.74) is 2.04. The van der Waals surface area contributed by atoms with Crippen molar-refractivity contribution in [3.63, 3.8) is 0 Å². The Hall–Kier alpha value is -4.68. The number of rotatable bonds is 5. The molecular weight excluding hydrogens is 505 g/mol. The number of aromatic carboxylic acids is 1. The molecular formula is C25H25F3N6O4. The molecule has 4 rings (SSSR count). The van der Waals surface area contributed by atoms with Crippen molar-refractivity contribution in [2.45, 2.75) is 12.7 Å². The van der Waals surface area contributed by atoms with E-state index >= 15 is 0 Å². The molecule has 10 nitrogen and oxygen atoms in total. The Kier molecular flexibility index (Phi) is 9.57. The monoisotopic (exact) mass is 530 g/mol. The summed E-state index contributed by atoms with van der Waals surface area (Å²) in [5, 5.41) is 19.8. The Bertz CT molecular complexity index is 1230. The van der Waals surface area contributed by atoms with Gasteiger partial charge in [-0.1, -0.05) is 36.4 Å². The molecule has 1 aliphatic heterocycles. The van der Waals surface area contributed by atoms with Crippen molar-refractivity contribution in [3.8, 4) is 0 Å². The number of hydrogen-bond acceptors (Lipinski definition) is 6. The number of piperazine rings is 1. The third kappa shape index (κ3) is 8.47. The molecule has 0 spiro atoms. The minimum absolute atomic E-state index is 0.235. The van der Waals surface area contributed by atoms with Gasteiger partial charge in [-0.05, 0) is 29.8 Å². The quantitative estimate of drug-likeness (QED) is 0.334. The van der Waals surface area contributed by atoms with Gasteiger partial charge in [0.05, 0.1) is 12.1 Å². The number of carboxylic acids is 2. The van der Waals surface area contributed by atoms with E-state index in [4.69, 9.17) is 14.9 Å². The molecule has 2 aromatic carbocycles. The summed E-state index contributed by atoms with van der Waals surface area (Å²) in [5.74, 6) is -2.26. The minimum Gasteiger partial charge on any atom is -0.478 e. The number of aliphatic imine (C=N–C) groups is 1. The van der Waals surface area contributed by atoms with Gasteiger partial charge in [-0.25, -0.2) is 24.5 Å². The van der Waals surface area contributed by atoms with Crippen LogP contribution in [0.15, 0.2) is 78.0 Å². The smallest absolute Gasteiger partial charge is 0.478 e.